The van der Waals surface area contributed by atoms with Gasteiger partial charge >= 0.3 is 0 Å². The van der Waals surface area contributed by atoms with Gasteiger partial charge in [0.25, 0.3) is 10.0 Å². The number of aromatic nitrogens is 2. The largest absolute Gasteiger partial charge is 0.266 e. The lowest BCUT2D eigenvalue weighted by Crippen LogP contribution is -2.34. The Morgan fingerprint density at radius 1 is 1.13 bits per heavy atom. The lowest BCUT2D eigenvalue weighted by Gasteiger charge is -2.26. The molecule has 0 spiro atoms. The van der Waals surface area contributed by atoms with Gasteiger partial charge in [0.1, 0.15) is 0 Å². The molecule has 2 aromatic carbocycles. The number of hydrogen-bond acceptors (Lipinski definition) is 3. The Bertz CT molecular complexity index is 1110. The van der Waals surface area contributed by atoms with Gasteiger partial charge in [0, 0.05) is 18.5 Å². The minimum atomic E-state index is -3.67. The van der Waals surface area contributed by atoms with Crippen LogP contribution in [0.15, 0.2) is 53.6 Å². The van der Waals surface area contributed by atoms with Gasteiger partial charge in [0.2, 0.25) is 0 Å². The molecule has 0 radical (unpaired) electrons. The predicted molar refractivity (Wildman–Crippen MR) is 122 cm³/mol. The second kappa shape index (κ2) is 8.42. The van der Waals surface area contributed by atoms with E-state index in [0.29, 0.717) is 23.0 Å². The molecule has 0 saturated heterocycles. The first kappa shape index (κ1) is 20.9. The van der Waals surface area contributed by atoms with Gasteiger partial charge in [-0.3, -0.25) is 8.99 Å². The molecule has 160 valence electrons. The number of nitrogens with zero attached hydrogens (tertiary/aromatic N) is 3. The van der Waals surface area contributed by atoms with Crippen LogP contribution in [0.4, 0.5) is 5.69 Å². The summed E-state index contributed by atoms with van der Waals surface area (Å²) in [4.78, 5) is 0.318. The Morgan fingerprint density at radius 3 is 2.47 bits per heavy atom. The normalized spacial score (nSPS) is 14.9. The average Bonchev–Trinajstić information content (AvgIpc) is 3.11. The smallest absolute Gasteiger partial charge is 0.264 e. The van der Waals surface area contributed by atoms with Crippen molar-refractivity contribution in [2.24, 2.45) is 11.8 Å². The van der Waals surface area contributed by atoms with Gasteiger partial charge < -0.3 is 0 Å². The highest BCUT2D eigenvalue weighted by molar-refractivity contribution is 7.92. The predicted octanol–water partition coefficient (Wildman–Crippen LogP) is 5.25. The Kier molecular flexibility index (Phi) is 5.87. The van der Waals surface area contributed by atoms with Crippen LogP contribution < -0.4 is 4.31 Å². The van der Waals surface area contributed by atoms with Crippen molar-refractivity contribution in [3.8, 4) is 0 Å². The van der Waals surface area contributed by atoms with Gasteiger partial charge in [0.05, 0.1) is 22.3 Å². The highest BCUT2D eigenvalue weighted by atomic mass is 32.2. The fourth-order valence-electron chi connectivity index (χ4n) is 3.99. The number of sulfonamides is 1. The van der Waals surface area contributed by atoms with E-state index in [2.05, 4.69) is 12.0 Å². The van der Waals surface area contributed by atoms with Crippen molar-refractivity contribution in [1.29, 1.82) is 0 Å². The van der Waals surface area contributed by atoms with Crippen LogP contribution in [0.3, 0.4) is 0 Å². The molecule has 1 heterocycles. The number of hydrogen-bond donors (Lipinski definition) is 0. The Morgan fingerprint density at radius 2 is 1.87 bits per heavy atom. The van der Waals surface area contributed by atoms with Gasteiger partial charge in [-0.15, -0.1) is 0 Å². The molecular formula is C24H31N3O2S. The molecule has 0 bridgehead atoms. The van der Waals surface area contributed by atoms with Crippen LogP contribution in [-0.2, 0) is 23.0 Å². The summed E-state index contributed by atoms with van der Waals surface area (Å²) in [5.74, 6) is 0.906. The second-order valence-electron chi connectivity index (χ2n) is 8.79. The molecule has 5 nitrogen and oxygen atoms in total. The molecule has 3 aromatic rings. The Balaban J connectivity index is 1.68. The average molecular weight is 426 g/mol. The van der Waals surface area contributed by atoms with E-state index in [1.807, 2.05) is 48.9 Å². The van der Waals surface area contributed by atoms with Gasteiger partial charge in [-0.25, -0.2) is 8.42 Å². The van der Waals surface area contributed by atoms with E-state index < -0.39 is 10.0 Å². The van der Waals surface area contributed by atoms with E-state index in [1.54, 1.807) is 18.3 Å². The van der Waals surface area contributed by atoms with E-state index in [4.69, 9.17) is 0 Å². The zero-order valence-corrected chi connectivity index (χ0v) is 18.9. The molecular weight excluding hydrogens is 394 g/mol. The number of fused-ring (bicyclic) bond motifs is 1. The van der Waals surface area contributed by atoms with Crippen LogP contribution in [0.1, 0.15) is 45.6 Å². The molecule has 1 fully saturated rings. The Labute approximate surface area is 179 Å². The summed E-state index contributed by atoms with van der Waals surface area (Å²) >= 11 is 0. The van der Waals surface area contributed by atoms with E-state index in [1.165, 1.54) is 29.1 Å². The topological polar surface area (TPSA) is 55.2 Å². The van der Waals surface area contributed by atoms with E-state index >= 15 is 0 Å². The quantitative estimate of drug-likeness (QED) is 0.495. The molecule has 6 heteroatoms. The molecule has 1 aliphatic carbocycles. The zero-order valence-electron chi connectivity index (χ0n) is 18.1. The number of aryl methyl sites for hydroxylation is 1. The minimum Gasteiger partial charge on any atom is -0.266 e. The highest BCUT2D eigenvalue weighted by Gasteiger charge is 2.26. The summed E-state index contributed by atoms with van der Waals surface area (Å²) in [7, 11) is -3.67. The second-order valence-corrected chi connectivity index (χ2v) is 10.7. The molecule has 4 rings (SSSR count). The van der Waals surface area contributed by atoms with Crippen molar-refractivity contribution >= 4 is 26.6 Å². The highest BCUT2D eigenvalue weighted by Crippen LogP contribution is 2.30. The monoisotopic (exact) mass is 425 g/mol. The third-order valence-electron chi connectivity index (χ3n) is 6.02. The molecule has 30 heavy (non-hydrogen) atoms. The molecule has 0 atom stereocenters. The van der Waals surface area contributed by atoms with E-state index in [9.17, 15) is 8.42 Å². The first-order chi connectivity index (χ1) is 14.4. The molecule has 0 aliphatic heterocycles. The van der Waals surface area contributed by atoms with Crippen LogP contribution in [0.2, 0.25) is 0 Å². The summed E-state index contributed by atoms with van der Waals surface area (Å²) < 4.78 is 30.8. The number of rotatable bonds is 8. The van der Waals surface area contributed by atoms with E-state index in [0.717, 1.165) is 23.9 Å². The van der Waals surface area contributed by atoms with Crippen molar-refractivity contribution in [3.05, 3.63) is 54.2 Å². The van der Waals surface area contributed by atoms with Crippen molar-refractivity contribution in [2.75, 3.05) is 10.8 Å². The van der Waals surface area contributed by atoms with Crippen LogP contribution in [0, 0.1) is 11.8 Å². The first-order valence-electron chi connectivity index (χ1n) is 11.0. The summed E-state index contributed by atoms with van der Waals surface area (Å²) in [6.45, 7) is 7.52. The lowest BCUT2D eigenvalue weighted by atomic mass is 9.85. The summed E-state index contributed by atoms with van der Waals surface area (Å²) in [5.41, 5.74) is 2.91. The van der Waals surface area contributed by atoms with Gasteiger partial charge in [-0.1, -0.05) is 39.3 Å². The Hall–Kier alpha value is -2.34. The SMILES string of the molecule is CCc1ccc(N(CC(C)C)S(=O)(=O)c2ccc3c(cnn3CC3CCC3)c2)cc1. The van der Waals surface area contributed by atoms with Gasteiger partial charge in [-0.2, -0.15) is 5.10 Å². The fourth-order valence-corrected chi connectivity index (χ4v) is 5.65. The van der Waals surface area contributed by atoms with Crippen LogP contribution in [0.25, 0.3) is 10.9 Å². The molecule has 0 N–H and O–H groups in total. The lowest BCUT2D eigenvalue weighted by molar-refractivity contribution is 0.270. The summed E-state index contributed by atoms with van der Waals surface area (Å²) in [6, 6.07) is 13.2. The number of benzene rings is 2. The fraction of sp³-hybridized carbons (Fsp3) is 0.458. The van der Waals surface area contributed by atoms with Crippen molar-refractivity contribution in [2.45, 2.75) is 57.9 Å². The van der Waals surface area contributed by atoms with Crippen molar-refractivity contribution in [1.82, 2.24) is 9.78 Å². The molecule has 1 aromatic heterocycles. The summed E-state index contributed by atoms with van der Waals surface area (Å²) in [6.07, 6.45) is 6.54. The number of anilines is 1. The van der Waals surface area contributed by atoms with Crippen LogP contribution >= 0.6 is 0 Å². The molecule has 0 unspecified atom stereocenters. The minimum absolute atomic E-state index is 0.208. The third-order valence-corrected chi connectivity index (χ3v) is 7.81. The van der Waals surface area contributed by atoms with Gasteiger partial charge in [0.15, 0.2) is 0 Å². The standard InChI is InChI=1S/C24H31N3O2S/c1-4-19-8-10-22(11-9-19)27(16-18(2)3)30(28,29)23-12-13-24-21(14-23)15-25-26(24)17-20-6-5-7-20/h8-15,18,20H,4-7,16-17H2,1-3H3. The molecule has 1 aliphatic rings. The maximum absolute atomic E-state index is 13.6. The molecule has 0 amide bonds. The maximum Gasteiger partial charge on any atom is 0.264 e. The van der Waals surface area contributed by atoms with Crippen molar-refractivity contribution in [3.63, 3.8) is 0 Å². The zero-order chi connectivity index (χ0) is 21.3. The van der Waals surface area contributed by atoms with E-state index in [-0.39, 0.29) is 5.92 Å². The maximum atomic E-state index is 13.6. The third kappa shape index (κ3) is 4.10. The van der Waals surface area contributed by atoms with Gasteiger partial charge in [-0.05, 0) is 67.0 Å². The summed E-state index contributed by atoms with van der Waals surface area (Å²) in [5, 5.41) is 5.40. The molecule has 1 saturated carbocycles. The van der Waals surface area contributed by atoms with Crippen LogP contribution in [-0.4, -0.2) is 24.7 Å². The van der Waals surface area contributed by atoms with Crippen LogP contribution in [0.5, 0.6) is 0 Å². The first-order valence-corrected chi connectivity index (χ1v) is 12.4. The van der Waals surface area contributed by atoms with Crippen molar-refractivity contribution < 1.29 is 8.42 Å².